The number of nitro benzene ring substituents is 1. The van der Waals surface area contributed by atoms with Gasteiger partial charge in [0, 0.05) is 18.2 Å². The molecule has 0 heterocycles. The van der Waals surface area contributed by atoms with Gasteiger partial charge in [0.05, 0.1) is 29.7 Å². The maximum atomic E-state index is 13.4. The maximum Gasteiger partial charge on any atom is 0.311 e. The van der Waals surface area contributed by atoms with Crippen molar-refractivity contribution in [3.63, 3.8) is 0 Å². The van der Waals surface area contributed by atoms with Crippen molar-refractivity contribution in [3.05, 3.63) is 99.1 Å². The number of carbonyl (C=O) groups is 1. The molecular formula is C25H26N4O6S. The van der Waals surface area contributed by atoms with Crippen molar-refractivity contribution >= 4 is 27.8 Å². The molecule has 1 amide bonds. The van der Waals surface area contributed by atoms with E-state index >= 15 is 0 Å². The van der Waals surface area contributed by atoms with Crippen molar-refractivity contribution in [1.29, 1.82) is 0 Å². The molecule has 0 saturated carbocycles. The summed E-state index contributed by atoms with van der Waals surface area (Å²) in [5.74, 6) is -0.577. The number of hydrazone groups is 1. The normalized spacial score (nSPS) is 11.6. The summed E-state index contributed by atoms with van der Waals surface area (Å²) < 4.78 is 32.8. The van der Waals surface area contributed by atoms with E-state index in [2.05, 4.69) is 10.5 Å². The van der Waals surface area contributed by atoms with Crippen molar-refractivity contribution in [2.24, 2.45) is 5.10 Å². The van der Waals surface area contributed by atoms with E-state index in [0.29, 0.717) is 5.56 Å². The van der Waals surface area contributed by atoms with Crippen LogP contribution in [0.15, 0.2) is 76.7 Å². The second-order valence-corrected chi connectivity index (χ2v) is 9.99. The monoisotopic (exact) mass is 510 g/mol. The smallest absolute Gasteiger partial charge is 0.311 e. The first-order valence-corrected chi connectivity index (χ1v) is 12.3. The molecule has 188 valence electrons. The van der Waals surface area contributed by atoms with Gasteiger partial charge in [-0.05, 0) is 43.7 Å². The Morgan fingerprint density at radius 2 is 1.81 bits per heavy atom. The molecule has 0 aliphatic heterocycles. The van der Waals surface area contributed by atoms with Crippen molar-refractivity contribution in [2.45, 2.75) is 25.3 Å². The number of ether oxygens (including phenoxy) is 1. The van der Waals surface area contributed by atoms with E-state index in [1.165, 1.54) is 43.7 Å². The minimum Gasteiger partial charge on any atom is -0.490 e. The Balaban J connectivity index is 1.79. The first kappa shape index (κ1) is 26.5. The van der Waals surface area contributed by atoms with E-state index in [1.807, 2.05) is 32.0 Å². The molecule has 0 unspecified atom stereocenters. The number of nitrogens with zero attached hydrogens (tertiary/aromatic N) is 3. The minimum absolute atomic E-state index is 0.0142. The number of hydrogen-bond donors (Lipinski definition) is 1. The minimum atomic E-state index is -3.99. The number of nitrogens with one attached hydrogen (secondary N) is 1. The Kier molecular flexibility index (Phi) is 8.51. The molecule has 3 aromatic rings. The third-order valence-electron chi connectivity index (χ3n) is 5.22. The highest BCUT2D eigenvalue weighted by molar-refractivity contribution is 7.89. The highest BCUT2D eigenvalue weighted by Crippen LogP contribution is 2.27. The Morgan fingerprint density at radius 1 is 1.08 bits per heavy atom. The zero-order valence-electron chi connectivity index (χ0n) is 20.0. The zero-order chi connectivity index (χ0) is 26.3. The molecule has 0 radical (unpaired) electrons. The van der Waals surface area contributed by atoms with Crippen molar-refractivity contribution in [3.8, 4) is 5.75 Å². The molecule has 0 spiro atoms. The van der Waals surface area contributed by atoms with Crippen LogP contribution in [0.25, 0.3) is 0 Å². The average Bonchev–Trinajstić information content (AvgIpc) is 2.84. The van der Waals surface area contributed by atoms with Crippen molar-refractivity contribution in [2.75, 3.05) is 13.7 Å². The van der Waals surface area contributed by atoms with Crippen molar-refractivity contribution in [1.82, 2.24) is 9.73 Å². The highest BCUT2D eigenvalue weighted by atomic mass is 32.2. The van der Waals surface area contributed by atoms with Gasteiger partial charge in [-0.15, -0.1) is 0 Å². The van der Waals surface area contributed by atoms with Crippen LogP contribution < -0.4 is 10.2 Å². The third kappa shape index (κ3) is 6.74. The van der Waals surface area contributed by atoms with Gasteiger partial charge in [0.2, 0.25) is 10.0 Å². The third-order valence-corrected chi connectivity index (χ3v) is 7.03. The quantitative estimate of drug-likeness (QED) is 0.252. The molecule has 1 N–H and O–H groups in total. The van der Waals surface area contributed by atoms with Crippen LogP contribution in [0, 0.1) is 24.0 Å². The molecule has 0 bridgehead atoms. The summed E-state index contributed by atoms with van der Waals surface area (Å²) in [4.78, 5) is 23.3. The van der Waals surface area contributed by atoms with Gasteiger partial charge >= 0.3 is 5.69 Å². The predicted molar refractivity (Wildman–Crippen MR) is 135 cm³/mol. The topological polar surface area (TPSA) is 131 Å². The van der Waals surface area contributed by atoms with Gasteiger partial charge in [0.1, 0.15) is 0 Å². The second kappa shape index (κ2) is 11.6. The molecule has 0 aliphatic rings. The standard InChI is InChI=1S/C25H26N4O6S/c1-18-7-10-22(11-8-18)36(33,34)28(16-21-6-4-5-19(2)13-21)17-25(30)27-26-15-20-9-12-24(35-3)23(14-20)29(31)32/h4-15H,16-17H2,1-3H3,(H,27,30)/b26-15-. The first-order valence-electron chi connectivity index (χ1n) is 10.9. The fourth-order valence-corrected chi connectivity index (χ4v) is 4.79. The Morgan fingerprint density at radius 3 is 2.44 bits per heavy atom. The summed E-state index contributed by atoms with van der Waals surface area (Å²) in [5, 5.41) is 15.0. The molecule has 0 atom stereocenters. The lowest BCUT2D eigenvalue weighted by atomic mass is 10.1. The summed E-state index contributed by atoms with van der Waals surface area (Å²) in [6.07, 6.45) is 1.23. The van der Waals surface area contributed by atoms with Gasteiger partial charge in [0.25, 0.3) is 5.91 Å². The van der Waals surface area contributed by atoms with E-state index < -0.39 is 27.4 Å². The van der Waals surface area contributed by atoms with Crippen LogP contribution in [0.4, 0.5) is 5.69 Å². The molecule has 11 heteroatoms. The van der Waals surface area contributed by atoms with Gasteiger partial charge in [-0.1, -0.05) is 47.5 Å². The SMILES string of the molecule is COc1ccc(/C=N\NC(=O)CN(Cc2cccc(C)c2)S(=O)(=O)c2ccc(C)cc2)cc1[N+](=O)[O-]. The van der Waals surface area contributed by atoms with Gasteiger partial charge in [-0.2, -0.15) is 9.41 Å². The molecule has 3 aromatic carbocycles. The average molecular weight is 511 g/mol. The number of rotatable bonds is 10. The molecule has 3 rings (SSSR count). The maximum absolute atomic E-state index is 13.4. The predicted octanol–water partition coefficient (Wildman–Crippen LogP) is 3.56. The van der Waals surface area contributed by atoms with Crippen LogP contribution in [-0.4, -0.2) is 43.4 Å². The van der Waals surface area contributed by atoms with E-state index in [1.54, 1.807) is 18.2 Å². The first-order chi connectivity index (χ1) is 17.1. The van der Waals surface area contributed by atoms with E-state index in [0.717, 1.165) is 21.0 Å². The Labute approximate surface area is 209 Å². The Bertz CT molecular complexity index is 1390. The zero-order valence-corrected chi connectivity index (χ0v) is 20.9. The fourth-order valence-electron chi connectivity index (χ4n) is 3.40. The number of hydrogen-bond acceptors (Lipinski definition) is 7. The number of benzene rings is 3. The molecular weight excluding hydrogens is 484 g/mol. The molecule has 0 aromatic heterocycles. The summed E-state index contributed by atoms with van der Waals surface area (Å²) in [7, 11) is -2.67. The van der Waals surface area contributed by atoms with E-state index in [4.69, 9.17) is 4.74 Å². The fraction of sp³-hybridized carbons (Fsp3) is 0.200. The lowest BCUT2D eigenvalue weighted by Crippen LogP contribution is -2.39. The van der Waals surface area contributed by atoms with Crippen LogP contribution in [0.1, 0.15) is 22.3 Å². The number of sulfonamides is 1. The molecule has 0 saturated heterocycles. The van der Waals surface area contributed by atoms with Gasteiger partial charge in [-0.25, -0.2) is 13.8 Å². The molecule has 10 nitrogen and oxygen atoms in total. The molecule has 0 aliphatic carbocycles. The summed E-state index contributed by atoms with van der Waals surface area (Å²) >= 11 is 0. The van der Waals surface area contributed by atoms with E-state index in [-0.39, 0.29) is 22.9 Å². The van der Waals surface area contributed by atoms with Crippen LogP contribution in [0.3, 0.4) is 0 Å². The lowest BCUT2D eigenvalue weighted by Gasteiger charge is -2.22. The van der Waals surface area contributed by atoms with Crippen LogP contribution in [0.5, 0.6) is 5.75 Å². The van der Waals surface area contributed by atoms with Crippen LogP contribution in [-0.2, 0) is 21.4 Å². The lowest BCUT2D eigenvalue weighted by molar-refractivity contribution is -0.385. The largest absolute Gasteiger partial charge is 0.490 e. The Hall–Kier alpha value is -4.09. The van der Waals surface area contributed by atoms with Crippen molar-refractivity contribution < 1.29 is 22.9 Å². The highest BCUT2D eigenvalue weighted by Gasteiger charge is 2.27. The number of nitro groups is 1. The number of aryl methyl sites for hydroxylation is 2. The number of amides is 1. The van der Waals surface area contributed by atoms with Gasteiger partial charge in [0.15, 0.2) is 5.75 Å². The summed E-state index contributed by atoms with van der Waals surface area (Å²) in [5.41, 5.74) is 4.99. The molecule has 0 fully saturated rings. The van der Waals surface area contributed by atoms with Crippen LogP contribution in [0.2, 0.25) is 0 Å². The van der Waals surface area contributed by atoms with E-state index in [9.17, 15) is 23.3 Å². The van der Waals surface area contributed by atoms with Crippen LogP contribution >= 0.6 is 0 Å². The number of carbonyl (C=O) groups excluding carboxylic acids is 1. The summed E-state index contributed by atoms with van der Waals surface area (Å²) in [6, 6.07) is 17.9. The summed E-state index contributed by atoms with van der Waals surface area (Å²) in [6.45, 7) is 3.25. The van der Waals surface area contributed by atoms with Gasteiger partial charge in [-0.3, -0.25) is 14.9 Å². The molecule has 36 heavy (non-hydrogen) atoms. The second-order valence-electron chi connectivity index (χ2n) is 8.06. The number of methoxy groups -OCH3 is 1. The van der Waals surface area contributed by atoms with Gasteiger partial charge < -0.3 is 4.74 Å².